The molecule has 1 saturated heterocycles. The number of carbonyl (C=O) groups excluding carboxylic acids is 2. The number of carboxylic acids is 1. The van der Waals surface area contributed by atoms with Crippen LogP contribution < -0.4 is 4.74 Å². The van der Waals surface area contributed by atoms with Crippen LogP contribution in [0.4, 0.5) is 0 Å². The van der Waals surface area contributed by atoms with Crippen molar-refractivity contribution in [1.82, 2.24) is 9.80 Å². The smallest absolute Gasteiger partial charge is 0.305 e. The molecule has 0 spiro atoms. The summed E-state index contributed by atoms with van der Waals surface area (Å²) in [6, 6.07) is 9.37. The van der Waals surface area contributed by atoms with Gasteiger partial charge in [0.1, 0.15) is 5.75 Å². The van der Waals surface area contributed by atoms with E-state index in [0.717, 1.165) is 5.75 Å². The average molecular weight is 362 g/mol. The molecule has 0 saturated carbocycles. The Hall–Kier alpha value is -2.57. The topological polar surface area (TPSA) is 87.2 Å². The van der Waals surface area contributed by atoms with Gasteiger partial charge in [0.05, 0.1) is 19.4 Å². The van der Waals surface area contributed by atoms with E-state index in [1.807, 2.05) is 30.3 Å². The summed E-state index contributed by atoms with van der Waals surface area (Å²) in [7, 11) is 1.63. The third kappa shape index (κ3) is 6.06. The molecule has 0 aliphatic carbocycles. The molecule has 2 amide bonds. The van der Waals surface area contributed by atoms with Crippen molar-refractivity contribution in [2.45, 2.75) is 25.7 Å². The van der Waals surface area contributed by atoms with Crippen molar-refractivity contribution in [3.8, 4) is 5.75 Å². The number of para-hydroxylation sites is 1. The number of benzene rings is 1. The molecule has 0 bridgehead atoms. The van der Waals surface area contributed by atoms with Gasteiger partial charge in [-0.25, -0.2) is 0 Å². The second-order valence-corrected chi connectivity index (χ2v) is 6.47. The monoisotopic (exact) mass is 362 g/mol. The van der Waals surface area contributed by atoms with E-state index in [9.17, 15) is 14.4 Å². The third-order valence-corrected chi connectivity index (χ3v) is 4.56. The first-order valence-electron chi connectivity index (χ1n) is 8.89. The molecule has 0 unspecified atom stereocenters. The number of aliphatic carboxylic acids is 1. The fraction of sp³-hybridized carbons (Fsp3) is 0.526. The predicted molar refractivity (Wildman–Crippen MR) is 95.7 cm³/mol. The van der Waals surface area contributed by atoms with Crippen LogP contribution in [0.3, 0.4) is 0 Å². The molecule has 1 aromatic rings. The van der Waals surface area contributed by atoms with Crippen molar-refractivity contribution in [2.75, 3.05) is 33.3 Å². The zero-order chi connectivity index (χ0) is 18.9. The van der Waals surface area contributed by atoms with Gasteiger partial charge in [-0.15, -0.1) is 0 Å². The lowest BCUT2D eigenvalue weighted by Crippen LogP contribution is -2.44. The van der Waals surface area contributed by atoms with Gasteiger partial charge < -0.3 is 19.6 Å². The number of piperidine rings is 1. The van der Waals surface area contributed by atoms with Crippen LogP contribution in [0.15, 0.2) is 30.3 Å². The molecule has 2 rings (SSSR count). The predicted octanol–water partition coefficient (Wildman–Crippen LogP) is 1.63. The molecule has 7 heteroatoms. The second-order valence-electron chi connectivity index (χ2n) is 6.47. The Bertz CT molecular complexity index is 612. The SMILES string of the molecule is CN(CCC(=O)O)C(=O)C1CCN(C(=O)CCOc2ccccc2)CC1. The molecule has 1 heterocycles. The van der Waals surface area contributed by atoms with Crippen LogP contribution in [0.2, 0.25) is 0 Å². The molecule has 1 aromatic carbocycles. The zero-order valence-electron chi connectivity index (χ0n) is 15.1. The Balaban J connectivity index is 1.69. The minimum absolute atomic E-state index is 0.0334. The summed E-state index contributed by atoms with van der Waals surface area (Å²) in [5.74, 6) is -0.313. The maximum atomic E-state index is 12.3. The molecule has 142 valence electrons. The number of likely N-dealkylation sites (tertiary alicyclic amines) is 1. The molecule has 1 fully saturated rings. The van der Waals surface area contributed by atoms with Gasteiger partial charge >= 0.3 is 5.97 Å². The van der Waals surface area contributed by atoms with E-state index in [2.05, 4.69) is 0 Å². The highest BCUT2D eigenvalue weighted by Crippen LogP contribution is 2.20. The Morgan fingerprint density at radius 3 is 2.42 bits per heavy atom. The Kier molecular flexibility index (Phi) is 7.44. The second kappa shape index (κ2) is 9.79. The van der Waals surface area contributed by atoms with Gasteiger partial charge in [0, 0.05) is 32.6 Å². The van der Waals surface area contributed by atoms with Crippen LogP contribution in [-0.2, 0) is 14.4 Å². The van der Waals surface area contributed by atoms with Crippen LogP contribution in [0.1, 0.15) is 25.7 Å². The van der Waals surface area contributed by atoms with E-state index in [1.165, 1.54) is 4.90 Å². The summed E-state index contributed by atoms with van der Waals surface area (Å²) in [5.41, 5.74) is 0. The van der Waals surface area contributed by atoms with Crippen LogP contribution in [0.25, 0.3) is 0 Å². The molecule has 7 nitrogen and oxygen atoms in total. The van der Waals surface area contributed by atoms with Gasteiger partial charge in [0.2, 0.25) is 11.8 Å². The summed E-state index contributed by atoms with van der Waals surface area (Å²) < 4.78 is 5.55. The fourth-order valence-electron chi connectivity index (χ4n) is 2.99. The number of ether oxygens (including phenoxy) is 1. The van der Waals surface area contributed by atoms with Crippen molar-refractivity contribution >= 4 is 17.8 Å². The number of amides is 2. The normalized spacial score (nSPS) is 14.7. The average Bonchev–Trinajstić information content (AvgIpc) is 2.66. The Morgan fingerprint density at radius 1 is 1.15 bits per heavy atom. The summed E-state index contributed by atoms with van der Waals surface area (Å²) >= 11 is 0. The summed E-state index contributed by atoms with van der Waals surface area (Å²) in [6.07, 6.45) is 1.48. The van der Waals surface area contributed by atoms with Crippen molar-refractivity contribution in [1.29, 1.82) is 0 Å². The molecule has 0 radical (unpaired) electrons. The number of carbonyl (C=O) groups is 3. The van der Waals surface area contributed by atoms with E-state index >= 15 is 0 Å². The lowest BCUT2D eigenvalue weighted by atomic mass is 9.95. The number of hydrogen-bond acceptors (Lipinski definition) is 4. The molecule has 1 N–H and O–H groups in total. The highest BCUT2D eigenvalue weighted by molar-refractivity contribution is 5.80. The van der Waals surface area contributed by atoms with Crippen LogP contribution in [0.5, 0.6) is 5.75 Å². The zero-order valence-corrected chi connectivity index (χ0v) is 15.1. The highest BCUT2D eigenvalue weighted by atomic mass is 16.5. The maximum absolute atomic E-state index is 12.3. The van der Waals surface area contributed by atoms with Crippen molar-refractivity contribution in [3.05, 3.63) is 30.3 Å². The Morgan fingerprint density at radius 2 is 1.81 bits per heavy atom. The molecule has 26 heavy (non-hydrogen) atoms. The standard InChI is InChI=1S/C19H26N2O5/c1-20(11-9-18(23)24)19(25)15-7-12-21(13-8-15)17(22)10-14-26-16-5-3-2-4-6-16/h2-6,15H,7-14H2,1H3,(H,23,24). The van der Waals surface area contributed by atoms with E-state index in [1.54, 1.807) is 11.9 Å². The van der Waals surface area contributed by atoms with E-state index in [4.69, 9.17) is 9.84 Å². The molecule has 1 aliphatic heterocycles. The highest BCUT2D eigenvalue weighted by Gasteiger charge is 2.29. The first-order chi connectivity index (χ1) is 12.5. The largest absolute Gasteiger partial charge is 0.493 e. The molecular formula is C19H26N2O5. The third-order valence-electron chi connectivity index (χ3n) is 4.56. The van der Waals surface area contributed by atoms with Gasteiger partial charge in [-0.3, -0.25) is 14.4 Å². The van der Waals surface area contributed by atoms with E-state index in [0.29, 0.717) is 39.0 Å². The minimum atomic E-state index is -0.914. The summed E-state index contributed by atoms with van der Waals surface area (Å²) in [4.78, 5) is 38.4. The van der Waals surface area contributed by atoms with Gasteiger partial charge in [-0.1, -0.05) is 18.2 Å². The minimum Gasteiger partial charge on any atom is -0.493 e. The number of rotatable bonds is 8. The van der Waals surface area contributed by atoms with Crippen LogP contribution >= 0.6 is 0 Å². The van der Waals surface area contributed by atoms with E-state index < -0.39 is 5.97 Å². The number of hydrogen-bond donors (Lipinski definition) is 1. The van der Waals surface area contributed by atoms with Crippen molar-refractivity contribution in [2.24, 2.45) is 5.92 Å². The number of nitrogens with zero attached hydrogens (tertiary/aromatic N) is 2. The Labute approximate surface area is 153 Å². The lowest BCUT2D eigenvalue weighted by molar-refractivity contribution is -0.142. The summed E-state index contributed by atoms with van der Waals surface area (Å²) in [5, 5.41) is 8.70. The van der Waals surface area contributed by atoms with Crippen molar-refractivity contribution < 1.29 is 24.2 Å². The maximum Gasteiger partial charge on any atom is 0.305 e. The van der Waals surface area contributed by atoms with Crippen LogP contribution in [0, 0.1) is 5.92 Å². The lowest BCUT2D eigenvalue weighted by Gasteiger charge is -2.33. The molecule has 1 aliphatic rings. The number of carboxylic acid groups (broad SMARTS) is 1. The van der Waals surface area contributed by atoms with Crippen LogP contribution in [-0.4, -0.2) is 66.0 Å². The van der Waals surface area contributed by atoms with Gasteiger partial charge in [0.15, 0.2) is 0 Å². The molecular weight excluding hydrogens is 336 g/mol. The first-order valence-corrected chi connectivity index (χ1v) is 8.89. The fourth-order valence-corrected chi connectivity index (χ4v) is 2.99. The van der Waals surface area contributed by atoms with Gasteiger partial charge in [-0.2, -0.15) is 0 Å². The molecule has 0 aromatic heterocycles. The van der Waals surface area contributed by atoms with Gasteiger partial charge in [-0.05, 0) is 25.0 Å². The molecule has 0 atom stereocenters. The quantitative estimate of drug-likeness (QED) is 0.759. The first kappa shape index (κ1) is 19.8. The summed E-state index contributed by atoms with van der Waals surface area (Å²) in [6.45, 7) is 1.64. The van der Waals surface area contributed by atoms with E-state index in [-0.39, 0.29) is 30.7 Å². The van der Waals surface area contributed by atoms with Crippen molar-refractivity contribution in [3.63, 3.8) is 0 Å². The van der Waals surface area contributed by atoms with Gasteiger partial charge in [0.25, 0.3) is 0 Å².